The standard InChI is InChI=1S/2C9H8N2O2S.Cu/c2*12-8(13)9(5-14)10-6-3-1-2-4-7(6)11-9;/h2*1-4,14H,5H2,(H,12,13);/q;;+2/p-2. The first-order valence-corrected chi connectivity index (χ1v) is 9.36. The Labute approximate surface area is 186 Å². The maximum Gasteiger partial charge on any atom is 2.00 e. The van der Waals surface area contributed by atoms with Crippen molar-refractivity contribution in [2.24, 2.45) is 20.0 Å². The Hall–Kier alpha value is -2.20. The van der Waals surface area contributed by atoms with E-state index in [2.05, 4.69) is 45.2 Å². The van der Waals surface area contributed by atoms with Gasteiger partial charge >= 0.3 is 17.1 Å². The maximum absolute atomic E-state index is 10.9. The monoisotopic (exact) mass is 477 g/mol. The Morgan fingerprint density at radius 1 is 0.690 bits per heavy atom. The summed E-state index contributed by atoms with van der Waals surface area (Å²) in [6.07, 6.45) is 0. The largest absolute Gasteiger partial charge is 2.00 e. The Morgan fingerprint density at radius 2 is 0.931 bits per heavy atom. The van der Waals surface area contributed by atoms with Crippen molar-refractivity contribution < 1.29 is 36.9 Å². The van der Waals surface area contributed by atoms with Gasteiger partial charge in [0.2, 0.25) is 0 Å². The second kappa shape index (κ2) is 9.08. The normalized spacial score (nSPS) is 16.1. The van der Waals surface area contributed by atoms with Crippen LogP contribution in [0.4, 0.5) is 0 Å². The van der Waals surface area contributed by atoms with Crippen molar-refractivity contribution in [3.05, 3.63) is 70.0 Å². The molecule has 0 bridgehead atoms. The summed E-state index contributed by atoms with van der Waals surface area (Å²) in [6.45, 7) is 0. The van der Waals surface area contributed by atoms with Crippen molar-refractivity contribution >= 4 is 37.2 Å². The van der Waals surface area contributed by atoms with Gasteiger partial charge in [0.1, 0.15) is 0 Å². The molecule has 0 saturated carbocycles. The number of carbonyl (C=O) groups is 2. The fraction of sp³-hybridized carbons (Fsp3) is 0.222. The third-order valence-corrected chi connectivity index (χ3v) is 4.96. The smallest absolute Gasteiger partial charge is 0.545 e. The van der Waals surface area contributed by atoms with Crippen molar-refractivity contribution in [1.29, 1.82) is 0 Å². The third kappa shape index (κ3) is 4.37. The number of carboxylic acids is 2. The molecule has 0 saturated heterocycles. The molecule has 1 radical (unpaired) electrons. The Morgan fingerprint density at radius 3 is 1.10 bits per heavy atom. The van der Waals surface area contributed by atoms with Gasteiger partial charge in [-0.25, -0.2) is 20.0 Å². The zero-order valence-corrected chi connectivity index (χ0v) is 17.4. The Balaban J connectivity index is 0.000000200. The van der Waals surface area contributed by atoms with Gasteiger partial charge in [0.15, 0.2) is 11.3 Å². The molecule has 29 heavy (non-hydrogen) atoms. The molecule has 0 fully saturated rings. The summed E-state index contributed by atoms with van der Waals surface area (Å²) in [5.41, 5.74) is -3.07. The van der Waals surface area contributed by atoms with Crippen LogP contribution in [0.2, 0.25) is 0 Å². The molecule has 0 N–H and O–H groups in total. The number of para-hydroxylation sites is 4. The predicted molar refractivity (Wildman–Crippen MR) is 101 cm³/mol. The third-order valence-electron chi connectivity index (χ3n) is 4.08. The van der Waals surface area contributed by atoms with E-state index in [1.807, 2.05) is 0 Å². The average Bonchev–Trinajstić information content (AvgIpc) is 3.28. The minimum absolute atomic E-state index is 0. The number of rotatable bonds is 4. The van der Waals surface area contributed by atoms with Crippen molar-refractivity contribution in [3.8, 4) is 0 Å². The first-order chi connectivity index (χ1) is 13.4. The number of benzene rings is 2. The summed E-state index contributed by atoms with van der Waals surface area (Å²) < 4.78 is 0. The van der Waals surface area contributed by atoms with Gasteiger partial charge in [-0.15, -0.1) is 0 Å². The Kier molecular flexibility index (Phi) is 7.23. The number of fused-ring (bicyclic) bond motifs is 2. The van der Waals surface area contributed by atoms with Crippen molar-refractivity contribution in [3.63, 3.8) is 0 Å². The first-order valence-electron chi connectivity index (χ1n) is 8.10. The van der Waals surface area contributed by atoms with E-state index in [0.29, 0.717) is 21.4 Å². The van der Waals surface area contributed by atoms with Gasteiger partial charge in [0.05, 0.1) is 33.4 Å². The van der Waals surface area contributed by atoms with Gasteiger partial charge in [-0.2, -0.15) is 25.3 Å². The second-order valence-electron chi connectivity index (χ2n) is 5.95. The number of aliphatic carboxylic acids is 2. The van der Waals surface area contributed by atoms with Crippen LogP contribution < -0.4 is 31.6 Å². The maximum atomic E-state index is 10.9. The van der Waals surface area contributed by atoms with Gasteiger partial charge in [-0.3, -0.25) is 0 Å². The van der Waals surface area contributed by atoms with Gasteiger partial charge in [-0.1, -0.05) is 24.3 Å². The molecule has 2 aliphatic rings. The summed E-state index contributed by atoms with van der Waals surface area (Å²) in [7, 11) is 0. The molecule has 8 nitrogen and oxygen atoms in total. The number of nitrogens with zero attached hydrogens (tertiary/aromatic N) is 4. The van der Waals surface area contributed by atoms with Gasteiger partial charge < -0.3 is 19.8 Å². The molecular weight excluding hydrogens is 464 g/mol. The summed E-state index contributed by atoms with van der Waals surface area (Å²) in [4.78, 5) is 37.7. The molecule has 0 unspecified atom stereocenters. The summed E-state index contributed by atoms with van der Waals surface area (Å²) in [5, 5.41) is 24.1. The molecule has 2 aliphatic heterocycles. The van der Waals surface area contributed by atoms with Gasteiger partial charge in [-0.05, 0) is 24.3 Å². The molecule has 0 spiro atoms. The van der Waals surface area contributed by atoms with E-state index in [0.717, 1.165) is 0 Å². The van der Waals surface area contributed by atoms with E-state index >= 15 is 0 Å². The molecule has 0 aliphatic carbocycles. The number of hydrogen-bond acceptors (Lipinski definition) is 10. The number of hydrogen-bond donors (Lipinski definition) is 2. The molecule has 2 aromatic carbocycles. The van der Waals surface area contributed by atoms with E-state index in [1.54, 1.807) is 48.5 Å². The fourth-order valence-electron chi connectivity index (χ4n) is 2.61. The quantitative estimate of drug-likeness (QED) is 0.351. The molecule has 2 aromatic rings. The molecule has 4 rings (SSSR count). The number of carboxylic acid groups (broad SMARTS) is 2. The minimum Gasteiger partial charge on any atom is -0.545 e. The zero-order valence-electron chi connectivity index (χ0n) is 14.7. The molecule has 153 valence electrons. The van der Waals surface area contributed by atoms with Crippen LogP contribution in [0.25, 0.3) is 0 Å². The minimum atomic E-state index is -1.53. The fourth-order valence-corrected chi connectivity index (χ4v) is 3.15. The van der Waals surface area contributed by atoms with Crippen LogP contribution in [0.15, 0.2) is 68.5 Å². The van der Waals surface area contributed by atoms with Crippen LogP contribution in [0.5, 0.6) is 0 Å². The van der Waals surface area contributed by atoms with E-state index in [9.17, 15) is 19.8 Å². The summed E-state index contributed by atoms with van der Waals surface area (Å²) in [5.74, 6) is -2.62. The van der Waals surface area contributed by atoms with Crippen molar-refractivity contribution in [2.45, 2.75) is 11.3 Å². The van der Waals surface area contributed by atoms with E-state index in [-0.39, 0.29) is 28.6 Å². The van der Waals surface area contributed by atoms with Crippen LogP contribution in [0, 0.1) is 0 Å². The predicted octanol–water partition coefficient (Wildman–Crippen LogP) is -3.37. The van der Waals surface area contributed by atoms with E-state index < -0.39 is 23.3 Å². The first kappa shape index (κ1) is 23.1. The van der Waals surface area contributed by atoms with Crippen LogP contribution >= 0.6 is 25.3 Å². The molecule has 0 atom stereocenters. The topological polar surface area (TPSA) is 130 Å². The van der Waals surface area contributed by atoms with Crippen LogP contribution in [-0.2, 0) is 26.7 Å². The number of carbonyl (C=O) groups excluding carboxylic acids is 2. The Bertz CT molecular complexity index is 1030. The number of thiol groups is 2. The van der Waals surface area contributed by atoms with Crippen LogP contribution in [0.3, 0.4) is 0 Å². The summed E-state index contributed by atoms with van der Waals surface area (Å²) in [6, 6.07) is 14.0. The molecule has 11 heteroatoms. The van der Waals surface area contributed by atoms with E-state index in [4.69, 9.17) is 0 Å². The van der Waals surface area contributed by atoms with Gasteiger partial charge in [0, 0.05) is 11.5 Å². The molecular formula is C18H14CuN4O4S2. The second-order valence-corrected chi connectivity index (χ2v) is 6.58. The molecule has 2 heterocycles. The average molecular weight is 478 g/mol. The molecule has 0 amide bonds. The zero-order chi connectivity index (χ0) is 20.4. The summed E-state index contributed by atoms with van der Waals surface area (Å²) >= 11 is 7.87. The van der Waals surface area contributed by atoms with E-state index in [1.165, 1.54) is 0 Å². The van der Waals surface area contributed by atoms with Crippen molar-refractivity contribution in [1.82, 2.24) is 0 Å². The molecule has 0 aromatic heterocycles. The van der Waals surface area contributed by atoms with Crippen molar-refractivity contribution in [2.75, 3.05) is 11.5 Å². The SMILES string of the molecule is O=C([O-])C1(CS)N=c2ccccc2=N1.O=C([O-])C1(CS)N=c2ccccc2=N1.[Cu+2]. The van der Waals surface area contributed by atoms with Gasteiger partial charge in [0.25, 0.3) is 0 Å². The van der Waals surface area contributed by atoms with Crippen LogP contribution in [0.1, 0.15) is 0 Å². The van der Waals surface area contributed by atoms with Crippen LogP contribution in [-0.4, -0.2) is 34.8 Å².